The number of aliphatic carboxylic acids is 1. The Morgan fingerprint density at radius 1 is 1.41 bits per heavy atom. The highest BCUT2D eigenvalue weighted by atomic mass is 35.5. The molecular formula is C16H21ClN2O3. The maximum Gasteiger partial charge on any atom is 0.317 e. The Bertz CT molecular complexity index is 571. The monoisotopic (exact) mass is 324 g/mol. The Hall–Kier alpha value is -1.59. The number of benzene rings is 1. The fourth-order valence-corrected chi connectivity index (χ4v) is 3.06. The lowest BCUT2D eigenvalue weighted by atomic mass is 9.85. The molecule has 22 heavy (non-hydrogen) atoms. The van der Waals surface area contributed by atoms with Gasteiger partial charge in [0.25, 0.3) is 5.91 Å². The van der Waals surface area contributed by atoms with Gasteiger partial charge in [0.05, 0.1) is 17.1 Å². The molecule has 0 radical (unpaired) electrons. The molecule has 0 atom stereocenters. The zero-order valence-electron chi connectivity index (χ0n) is 12.8. The van der Waals surface area contributed by atoms with Crippen molar-refractivity contribution >= 4 is 23.5 Å². The topological polar surface area (TPSA) is 69.6 Å². The van der Waals surface area contributed by atoms with Gasteiger partial charge in [0.2, 0.25) is 0 Å². The number of carboxylic acids is 1. The average molecular weight is 325 g/mol. The zero-order valence-corrected chi connectivity index (χ0v) is 13.6. The molecule has 0 saturated heterocycles. The van der Waals surface area contributed by atoms with Gasteiger partial charge in [-0.25, -0.2) is 0 Å². The van der Waals surface area contributed by atoms with Crippen LogP contribution in [0, 0.1) is 6.92 Å². The van der Waals surface area contributed by atoms with Crippen molar-refractivity contribution in [2.45, 2.75) is 38.8 Å². The zero-order chi connectivity index (χ0) is 16.3. The molecule has 0 bridgehead atoms. The molecule has 0 aromatic heterocycles. The van der Waals surface area contributed by atoms with Crippen LogP contribution in [0.5, 0.6) is 0 Å². The number of hydrogen-bond acceptors (Lipinski definition) is 3. The van der Waals surface area contributed by atoms with E-state index >= 15 is 0 Å². The van der Waals surface area contributed by atoms with Crippen LogP contribution in [0.4, 0.5) is 0 Å². The average Bonchev–Trinajstić information content (AvgIpc) is 2.39. The Balaban J connectivity index is 1.86. The van der Waals surface area contributed by atoms with Gasteiger partial charge in [-0.15, -0.1) is 0 Å². The molecule has 6 heteroatoms. The van der Waals surface area contributed by atoms with Crippen LogP contribution in [0.3, 0.4) is 0 Å². The lowest BCUT2D eigenvalue weighted by molar-refractivity contribution is -0.139. The first kappa shape index (κ1) is 16.8. The van der Waals surface area contributed by atoms with Crippen LogP contribution in [0.25, 0.3) is 0 Å². The molecule has 2 N–H and O–H groups in total. The summed E-state index contributed by atoms with van der Waals surface area (Å²) in [6.45, 7) is 4.61. The SMILES string of the molecule is CCN(CC(=O)O)C1CC(NC(=O)c2ccc(C)cc2Cl)C1. The standard InChI is InChI=1S/C16H21ClN2O3/c1-3-19(9-15(20)21)12-7-11(8-12)18-16(22)13-5-4-10(2)6-14(13)17/h4-6,11-12H,3,7-9H2,1-2H3,(H,18,22)(H,20,21). The fourth-order valence-electron chi connectivity index (χ4n) is 2.74. The van der Waals surface area contributed by atoms with Crippen molar-refractivity contribution in [2.75, 3.05) is 13.1 Å². The number of rotatable bonds is 6. The number of amides is 1. The molecule has 1 fully saturated rings. The van der Waals surface area contributed by atoms with Gasteiger partial charge in [0, 0.05) is 12.1 Å². The van der Waals surface area contributed by atoms with Gasteiger partial charge in [-0.05, 0) is 44.0 Å². The van der Waals surface area contributed by atoms with E-state index in [2.05, 4.69) is 5.32 Å². The maximum atomic E-state index is 12.2. The summed E-state index contributed by atoms with van der Waals surface area (Å²) in [5.41, 5.74) is 1.49. The summed E-state index contributed by atoms with van der Waals surface area (Å²) in [6, 6.07) is 5.66. The predicted octanol–water partition coefficient (Wildman–Crippen LogP) is 2.32. The number of nitrogens with zero attached hydrogens (tertiary/aromatic N) is 1. The van der Waals surface area contributed by atoms with Gasteiger partial charge in [-0.1, -0.05) is 24.6 Å². The van der Waals surface area contributed by atoms with E-state index in [1.807, 2.05) is 24.8 Å². The van der Waals surface area contributed by atoms with Gasteiger partial charge >= 0.3 is 5.97 Å². The van der Waals surface area contributed by atoms with E-state index in [0.717, 1.165) is 18.4 Å². The summed E-state index contributed by atoms with van der Waals surface area (Å²) in [6.07, 6.45) is 1.55. The smallest absolute Gasteiger partial charge is 0.317 e. The summed E-state index contributed by atoms with van der Waals surface area (Å²) >= 11 is 6.09. The summed E-state index contributed by atoms with van der Waals surface area (Å²) in [5, 5.41) is 12.3. The third-order valence-corrected chi connectivity index (χ3v) is 4.39. The number of carboxylic acid groups (broad SMARTS) is 1. The molecule has 1 amide bonds. The van der Waals surface area contributed by atoms with Crippen LogP contribution < -0.4 is 5.32 Å². The van der Waals surface area contributed by atoms with Crippen LogP contribution in [0.2, 0.25) is 5.02 Å². The van der Waals surface area contributed by atoms with E-state index < -0.39 is 5.97 Å². The van der Waals surface area contributed by atoms with Crippen molar-refractivity contribution in [1.29, 1.82) is 0 Å². The van der Waals surface area contributed by atoms with E-state index in [0.29, 0.717) is 17.1 Å². The van der Waals surface area contributed by atoms with E-state index in [-0.39, 0.29) is 24.5 Å². The van der Waals surface area contributed by atoms with Gasteiger partial charge in [-0.2, -0.15) is 0 Å². The second-order valence-electron chi connectivity index (χ2n) is 5.74. The Labute approximate surface area is 135 Å². The van der Waals surface area contributed by atoms with E-state index in [1.165, 1.54) is 0 Å². The summed E-state index contributed by atoms with van der Waals surface area (Å²) in [7, 11) is 0. The van der Waals surface area contributed by atoms with Crippen molar-refractivity contribution in [1.82, 2.24) is 10.2 Å². The molecule has 120 valence electrons. The van der Waals surface area contributed by atoms with Crippen LogP contribution >= 0.6 is 11.6 Å². The third kappa shape index (κ3) is 3.99. The number of carbonyl (C=O) groups is 2. The first-order chi connectivity index (χ1) is 10.4. The molecule has 0 aliphatic heterocycles. The van der Waals surface area contributed by atoms with Crippen LogP contribution in [-0.4, -0.2) is 47.1 Å². The minimum absolute atomic E-state index is 0.0472. The summed E-state index contributed by atoms with van der Waals surface area (Å²) in [5.74, 6) is -0.990. The molecule has 1 aromatic rings. The van der Waals surface area contributed by atoms with E-state index in [1.54, 1.807) is 12.1 Å². The van der Waals surface area contributed by atoms with Gasteiger partial charge in [-0.3, -0.25) is 14.5 Å². The van der Waals surface area contributed by atoms with Crippen molar-refractivity contribution in [2.24, 2.45) is 0 Å². The van der Waals surface area contributed by atoms with Crippen molar-refractivity contribution in [3.8, 4) is 0 Å². The van der Waals surface area contributed by atoms with E-state index in [4.69, 9.17) is 16.7 Å². The molecule has 0 spiro atoms. The maximum absolute atomic E-state index is 12.2. The van der Waals surface area contributed by atoms with Gasteiger partial charge in [0.1, 0.15) is 0 Å². The molecule has 1 aliphatic carbocycles. The minimum atomic E-state index is -0.819. The largest absolute Gasteiger partial charge is 0.480 e. The summed E-state index contributed by atoms with van der Waals surface area (Å²) in [4.78, 5) is 24.9. The van der Waals surface area contributed by atoms with E-state index in [9.17, 15) is 9.59 Å². The summed E-state index contributed by atoms with van der Waals surface area (Å²) < 4.78 is 0. The highest BCUT2D eigenvalue weighted by molar-refractivity contribution is 6.33. The third-order valence-electron chi connectivity index (χ3n) is 4.08. The fraction of sp³-hybridized carbons (Fsp3) is 0.500. The van der Waals surface area contributed by atoms with Crippen molar-refractivity contribution < 1.29 is 14.7 Å². The van der Waals surface area contributed by atoms with Crippen molar-refractivity contribution in [3.63, 3.8) is 0 Å². The van der Waals surface area contributed by atoms with Gasteiger partial charge < -0.3 is 10.4 Å². The second kappa shape index (κ2) is 7.11. The molecule has 1 aliphatic rings. The first-order valence-electron chi connectivity index (χ1n) is 7.43. The quantitative estimate of drug-likeness (QED) is 0.842. The number of nitrogens with one attached hydrogen (secondary N) is 1. The number of carbonyl (C=O) groups excluding carboxylic acids is 1. The lowest BCUT2D eigenvalue weighted by Gasteiger charge is -2.42. The van der Waals surface area contributed by atoms with Crippen LogP contribution in [0.1, 0.15) is 35.7 Å². The lowest BCUT2D eigenvalue weighted by Crippen LogP contribution is -2.54. The first-order valence-corrected chi connectivity index (χ1v) is 7.81. The molecule has 1 saturated carbocycles. The number of likely N-dealkylation sites (N-methyl/N-ethyl adjacent to an activating group) is 1. The minimum Gasteiger partial charge on any atom is -0.480 e. The Morgan fingerprint density at radius 2 is 2.09 bits per heavy atom. The highest BCUT2D eigenvalue weighted by Crippen LogP contribution is 2.26. The molecule has 2 rings (SSSR count). The second-order valence-corrected chi connectivity index (χ2v) is 6.14. The number of aryl methyl sites for hydroxylation is 1. The van der Waals surface area contributed by atoms with Crippen LogP contribution in [0.15, 0.2) is 18.2 Å². The highest BCUT2D eigenvalue weighted by Gasteiger charge is 2.34. The predicted molar refractivity (Wildman–Crippen MR) is 85.3 cm³/mol. The number of hydrogen-bond donors (Lipinski definition) is 2. The Morgan fingerprint density at radius 3 is 2.64 bits per heavy atom. The molecular weight excluding hydrogens is 304 g/mol. The van der Waals surface area contributed by atoms with Crippen molar-refractivity contribution in [3.05, 3.63) is 34.3 Å². The normalized spacial score (nSPS) is 20.5. The number of halogens is 1. The van der Waals surface area contributed by atoms with Gasteiger partial charge in [0.15, 0.2) is 0 Å². The molecule has 1 aromatic carbocycles. The molecule has 0 unspecified atom stereocenters. The molecule has 0 heterocycles. The van der Waals surface area contributed by atoms with Crippen LogP contribution in [-0.2, 0) is 4.79 Å². The Kier molecular flexibility index (Phi) is 5.42. The molecule has 5 nitrogen and oxygen atoms in total.